The van der Waals surface area contributed by atoms with E-state index >= 15 is 0 Å². The van der Waals surface area contributed by atoms with Gasteiger partial charge >= 0.3 is 5.97 Å². The zero-order valence-electron chi connectivity index (χ0n) is 12.9. The Hall–Kier alpha value is -2.67. The number of nitrogens with one attached hydrogen (secondary N) is 2. The fourth-order valence-electron chi connectivity index (χ4n) is 1.99. The van der Waals surface area contributed by atoms with E-state index in [1.165, 1.54) is 19.5 Å². The summed E-state index contributed by atoms with van der Waals surface area (Å²) in [6.07, 6.45) is 4.90. The lowest BCUT2D eigenvalue weighted by Gasteiger charge is -2.09. The fraction of sp³-hybridized carbons (Fsp3) is 0.250. The Kier molecular flexibility index (Phi) is 4.61. The van der Waals surface area contributed by atoms with Crippen LogP contribution < -0.4 is 10.6 Å². The monoisotopic (exact) mass is 346 g/mol. The summed E-state index contributed by atoms with van der Waals surface area (Å²) < 4.78 is 4.67. The number of nitrogens with zero attached hydrogens (tertiary/aromatic N) is 2. The van der Waals surface area contributed by atoms with Crippen molar-refractivity contribution in [1.82, 2.24) is 15.3 Å². The van der Waals surface area contributed by atoms with Gasteiger partial charge in [-0.05, 0) is 31.0 Å². The number of aromatic nitrogens is 2. The van der Waals surface area contributed by atoms with Gasteiger partial charge in [0.2, 0.25) is 5.95 Å². The molecule has 24 heavy (non-hydrogen) atoms. The molecule has 0 atom stereocenters. The number of esters is 1. The van der Waals surface area contributed by atoms with Crippen LogP contribution in [-0.2, 0) is 4.74 Å². The van der Waals surface area contributed by atoms with Crippen molar-refractivity contribution in [3.05, 3.63) is 46.7 Å². The molecule has 1 aliphatic carbocycles. The predicted molar refractivity (Wildman–Crippen MR) is 88.6 cm³/mol. The van der Waals surface area contributed by atoms with Crippen LogP contribution in [0.15, 0.2) is 30.6 Å². The second-order valence-corrected chi connectivity index (χ2v) is 5.76. The number of carbonyl (C=O) groups is 2. The number of hydrogen-bond acceptors (Lipinski definition) is 6. The third-order valence-corrected chi connectivity index (χ3v) is 3.79. The lowest BCUT2D eigenvalue weighted by atomic mass is 10.2. The zero-order chi connectivity index (χ0) is 17.1. The number of rotatable bonds is 5. The van der Waals surface area contributed by atoms with E-state index in [1.54, 1.807) is 18.2 Å². The van der Waals surface area contributed by atoms with Crippen molar-refractivity contribution < 1.29 is 14.3 Å². The molecule has 1 fully saturated rings. The number of halogens is 1. The van der Waals surface area contributed by atoms with Gasteiger partial charge in [-0.1, -0.05) is 11.6 Å². The lowest BCUT2D eigenvalue weighted by Crippen LogP contribution is -2.25. The molecule has 1 saturated carbocycles. The number of methoxy groups -OCH3 is 1. The van der Waals surface area contributed by atoms with Crippen molar-refractivity contribution in [2.75, 3.05) is 12.4 Å². The molecule has 1 amide bonds. The minimum atomic E-state index is -0.470. The smallest absolute Gasteiger partial charge is 0.337 e. The first kappa shape index (κ1) is 16.2. The highest BCUT2D eigenvalue weighted by atomic mass is 35.5. The second kappa shape index (κ2) is 6.84. The number of ether oxygens (including phenoxy) is 1. The van der Waals surface area contributed by atoms with Crippen LogP contribution in [0.1, 0.15) is 33.6 Å². The van der Waals surface area contributed by atoms with Crippen molar-refractivity contribution in [3.63, 3.8) is 0 Å². The molecule has 0 bridgehead atoms. The average molecular weight is 347 g/mol. The molecule has 0 radical (unpaired) electrons. The minimum absolute atomic E-state index is 0.185. The molecule has 0 aliphatic heterocycles. The third-order valence-electron chi connectivity index (χ3n) is 3.46. The van der Waals surface area contributed by atoms with Gasteiger partial charge in [-0.15, -0.1) is 0 Å². The fourth-order valence-corrected chi connectivity index (χ4v) is 2.16. The van der Waals surface area contributed by atoms with Gasteiger partial charge in [-0.25, -0.2) is 14.8 Å². The van der Waals surface area contributed by atoms with Crippen molar-refractivity contribution >= 4 is 35.1 Å². The summed E-state index contributed by atoms with van der Waals surface area (Å²) in [5.41, 5.74) is 1.21. The van der Waals surface area contributed by atoms with Crippen LogP contribution in [0, 0.1) is 0 Å². The topological polar surface area (TPSA) is 93.2 Å². The molecular weight excluding hydrogens is 332 g/mol. The summed E-state index contributed by atoms with van der Waals surface area (Å²) >= 11 is 6.11. The number of hydrogen-bond donors (Lipinski definition) is 2. The van der Waals surface area contributed by atoms with Crippen LogP contribution in [0.5, 0.6) is 0 Å². The first-order chi connectivity index (χ1) is 11.6. The Morgan fingerprint density at radius 1 is 1.21 bits per heavy atom. The van der Waals surface area contributed by atoms with E-state index in [-0.39, 0.29) is 17.9 Å². The van der Waals surface area contributed by atoms with Gasteiger partial charge in [0, 0.05) is 18.4 Å². The molecule has 2 N–H and O–H groups in total. The van der Waals surface area contributed by atoms with Crippen LogP contribution in [0.25, 0.3) is 0 Å². The van der Waals surface area contributed by atoms with Crippen LogP contribution in [0.3, 0.4) is 0 Å². The molecule has 2 aromatic rings. The van der Waals surface area contributed by atoms with E-state index in [4.69, 9.17) is 11.6 Å². The Balaban J connectivity index is 1.73. The van der Waals surface area contributed by atoms with E-state index in [9.17, 15) is 9.59 Å². The Morgan fingerprint density at radius 2 is 1.92 bits per heavy atom. The van der Waals surface area contributed by atoms with Crippen LogP contribution in [0.2, 0.25) is 5.02 Å². The van der Waals surface area contributed by atoms with Crippen molar-refractivity contribution in [2.24, 2.45) is 0 Å². The maximum atomic E-state index is 11.9. The number of amides is 1. The van der Waals surface area contributed by atoms with E-state index in [0.717, 1.165) is 12.8 Å². The molecule has 3 rings (SSSR count). The zero-order valence-corrected chi connectivity index (χ0v) is 13.6. The second-order valence-electron chi connectivity index (χ2n) is 5.35. The van der Waals surface area contributed by atoms with E-state index < -0.39 is 5.97 Å². The SMILES string of the molecule is COC(=O)c1ccc(Cl)c(Nc2ncc(C(=O)NC3CC3)cn2)c1. The van der Waals surface area contributed by atoms with Gasteiger partial charge in [0.05, 0.1) is 28.9 Å². The lowest BCUT2D eigenvalue weighted by molar-refractivity contribution is 0.0600. The summed E-state index contributed by atoms with van der Waals surface area (Å²) in [7, 11) is 1.30. The molecule has 0 saturated heterocycles. The van der Waals surface area contributed by atoms with Gasteiger partial charge < -0.3 is 15.4 Å². The van der Waals surface area contributed by atoms with Gasteiger partial charge in [0.25, 0.3) is 5.91 Å². The normalized spacial score (nSPS) is 13.2. The molecular formula is C16H15ClN4O3. The Morgan fingerprint density at radius 3 is 2.54 bits per heavy atom. The largest absolute Gasteiger partial charge is 0.465 e. The molecule has 1 aromatic carbocycles. The minimum Gasteiger partial charge on any atom is -0.465 e. The van der Waals surface area contributed by atoms with E-state index in [1.807, 2.05) is 0 Å². The highest BCUT2D eigenvalue weighted by Crippen LogP contribution is 2.25. The average Bonchev–Trinajstić information content (AvgIpc) is 3.40. The van der Waals surface area contributed by atoms with E-state index in [0.29, 0.717) is 21.8 Å². The summed E-state index contributed by atoms with van der Waals surface area (Å²) in [5, 5.41) is 6.18. The first-order valence-corrected chi connectivity index (χ1v) is 7.72. The maximum Gasteiger partial charge on any atom is 0.337 e. The first-order valence-electron chi connectivity index (χ1n) is 7.34. The molecule has 7 nitrogen and oxygen atoms in total. The van der Waals surface area contributed by atoms with Gasteiger partial charge in [-0.3, -0.25) is 4.79 Å². The number of carbonyl (C=O) groups excluding carboxylic acids is 2. The standard InChI is InChI=1S/C16H15ClN4O3/c1-24-15(23)9-2-5-12(17)13(6-9)21-16-18-7-10(8-19-16)14(22)20-11-3-4-11/h2,5-8,11H,3-4H2,1H3,(H,20,22)(H,18,19,21). The predicted octanol–water partition coefficient (Wildman–Crippen LogP) is 2.55. The van der Waals surface area contributed by atoms with Crippen molar-refractivity contribution in [3.8, 4) is 0 Å². The highest BCUT2D eigenvalue weighted by molar-refractivity contribution is 6.33. The summed E-state index contributed by atoms with van der Waals surface area (Å²) in [6, 6.07) is 4.96. The molecule has 1 aliphatic rings. The van der Waals surface area contributed by atoms with Crippen LogP contribution in [0.4, 0.5) is 11.6 Å². The van der Waals surface area contributed by atoms with Gasteiger partial charge in [0.15, 0.2) is 0 Å². The highest BCUT2D eigenvalue weighted by Gasteiger charge is 2.24. The quantitative estimate of drug-likeness (QED) is 0.808. The summed E-state index contributed by atoms with van der Waals surface area (Å²) in [5.74, 6) is -0.389. The van der Waals surface area contributed by atoms with Crippen molar-refractivity contribution in [2.45, 2.75) is 18.9 Å². The molecule has 8 heteroatoms. The summed E-state index contributed by atoms with van der Waals surface area (Å²) in [4.78, 5) is 31.7. The van der Waals surface area contributed by atoms with Gasteiger partial charge in [0.1, 0.15) is 0 Å². The Labute approximate surface area is 143 Å². The summed E-state index contributed by atoms with van der Waals surface area (Å²) in [6.45, 7) is 0. The molecule has 124 valence electrons. The molecule has 1 aromatic heterocycles. The maximum absolute atomic E-state index is 11.9. The van der Waals surface area contributed by atoms with E-state index in [2.05, 4.69) is 25.3 Å². The molecule has 1 heterocycles. The molecule has 0 unspecified atom stereocenters. The van der Waals surface area contributed by atoms with Crippen molar-refractivity contribution in [1.29, 1.82) is 0 Å². The number of anilines is 2. The Bertz CT molecular complexity index is 775. The number of benzene rings is 1. The molecule has 0 spiro atoms. The third kappa shape index (κ3) is 3.80. The van der Waals surface area contributed by atoms with Crippen LogP contribution in [-0.4, -0.2) is 35.0 Å². The van der Waals surface area contributed by atoms with Gasteiger partial charge in [-0.2, -0.15) is 0 Å². The van der Waals surface area contributed by atoms with Crippen LogP contribution >= 0.6 is 11.6 Å².